The normalized spacial score (nSPS) is 11.3. The molecule has 0 unspecified atom stereocenters. The molecule has 0 saturated carbocycles. The largest absolute Gasteiger partial charge is 0.342 e. The van der Waals surface area contributed by atoms with Crippen LogP contribution in [0, 0.1) is 11.3 Å². The number of anilines is 1. The molecule has 6 heteroatoms. The SMILES string of the molecule is N#C/C(=C/c1cn(Cc2ccc(Cl)c(Cl)c2)c2ccccc12)C(=O)Nc1ccccc1. The second-order valence-corrected chi connectivity index (χ2v) is 7.78. The van der Waals surface area contributed by atoms with E-state index < -0.39 is 5.91 Å². The predicted molar refractivity (Wildman–Crippen MR) is 126 cm³/mol. The summed E-state index contributed by atoms with van der Waals surface area (Å²) in [6.07, 6.45) is 3.55. The van der Waals surface area contributed by atoms with E-state index in [-0.39, 0.29) is 5.57 Å². The van der Waals surface area contributed by atoms with E-state index in [1.54, 1.807) is 24.3 Å². The van der Waals surface area contributed by atoms with Crippen LogP contribution >= 0.6 is 23.2 Å². The van der Waals surface area contributed by atoms with Gasteiger partial charge in [0.15, 0.2) is 0 Å². The lowest BCUT2D eigenvalue weighted by molar-refractivity contribution is -0.112. The molecule has 4 rings (SSSR count). The summed E-state index contributed by atoms with van der Waals surface area (Å²) in [5.41, 5.74) is 3.43. The summed E-state index contributed by atoms with van der Waals surface area (Å²) in [6, 6.07) is 24.4. The van der Waals surface area contributed by atoms with Gasteiger partial charge in [0.2, 0.25) is 0 Å². The van der Waals surface area contributed by atoms with Crippen molar-refractivity contribution in [1.82, 2.24) is 4.57 Å². The van der Waals surface area contributed by atoms with Crippen LogP contribution in [-0.2, 0) is 11.3 Å². The van der Waals surface area contributed by atoms with Crippen LogP contribution < -0.4 is 5.32 Å². The summed E-state index contributed by atoms with van der Waals surface area (Å²) < 4.78 is 2.06. The molecule has 0 spiro atoms. The van der Waals surface area contributed by atoms with Crippen molar-refractivity contribution in [3.05, 3.63) is 106 Å². The molecule has 4 aromatic rings. The van der Waals surface area contributed by atoms with Gasteiger partial charge in [-0.1, -0.05) is 65.7 Å². The number of benzene rings is 3. The fourth-order valence-electron chi connectivity index (χ4n) is 3.38. The molecular formula is C25H17Cl2N3O. The second kappa shape index (κ2) is 9.09. The number of halogens is 2. The average Bonchev–Trinajstić information content (AvgIpc) is 3.12. The van der Waals surface area contributed by atoms with Crippen LogP contribution in [0.15, 0.2) is 84.6 Å². The van der Waals surface area contributed by atoms with E-state index in [2.05, 4.69) is 9.88 Å². The number of nitrogens with one attached hydrogen (secondary N) is 1. The number of para-hydroxylation sites is 2. The molecule has 152 valence electrons. The van der Waals surface area contributed by atoms with Crippen molar-refractivity contribution in [2.24, 2.45) is 0 Å². The predicted octanol–water partition coefficient (Wildman–Crippen LogP) is 6.54. The van der Waals surface area contributed by atoms with Gasteiger partial charge >= 0.3 is 0 Å². The van der Waals surface area contributed by atoms with Crippen LogP contribution in [-0.4, -0.2) is 10.5 Å². The van der Waals surface area contributed by atoms with Crippen molar-refractivity contribution in [3.63, 3.8) is 0 Å². The minimum atomic E-state index is -0.449. The van der Waals surface area contributed by atoms with Crippen LogP contribution in [0.3, 0.4) is 0 Å². The second-order valence-electron chi connectivity index (χ2n) is 6.97. The zero-order valence-corrected chi connectivity index (χ0v) is 17.9. The van der Waals surface area contributed by atoms with Crippen LogP contribution in [0.5, 0.6) is 0 Å². The Labute approximate surface area is 189 Å². The van der Waals surface area contributed by atoms with Crippen molar-refractivity contribution in [3.8, 4) is 6.07 Å². The van der Waals surface area contributed by atoms with E-state index in [9.17, 15) is 10.1 Å². The van der Waals surface area contributed by atoms with Crippen LogP contribution in [0.1, 0.15) is 11.1 Å². The maximum absolute atomic E-state index is 12.6. The molecule has 31 heavy (non-hydrogen) atoms. The summed E-state index contributed by atoms with van der Waals surface area (Å²) in [4.78, 5) is 12.6. The molecule has 1 N–H and O–H groups in total. The molecule has 0 fully saturated rings. The molecule has 1 heterocycles. The molecule has 0 aliphatic heterocycles. The number of hydrogen-bond donors (Lipinski definition) is 1. The third-order valence-corrected chi connectivity index (χ3v) is 5.59. The fourth-order valence-corrected chi connectivity index (χ4v) is 3.70. The first-order valence-electron chi connectivity index (χ1n) is 9.55. The maximum Gasteiger partial charge on any atom is 0.266 e. The third-order valence-electron chi connectivity index (χ3n) is 4.85. The highest BCUT2D eigenvalue weighted by Crippen LogP contribution is 2.27. The zero-order valence-electron chi connectivity index (χ0n) is 16.3. The Bertz CT molecular complexity index is 1330. The van der Waals surface area contributed by atoms with Crippen LogP contribution in [0.25, 0.3) is 17.0 Å². The Morgan fingerprint density at radius 2 is 1.74 bits per heavy atom. The lowest BCUT2D eigenvalue weighted by atomic mass is 10.1. The van der Waals surface area contributed by atoms with Crippen molar-refractivity contribution >= 4 is 51.8 Å². The van der Waals surface area contributed by atoms with E-state index in [4.69, 9.17) is 23.2 Å². The van der Waals surface area contributed by atoms with Gasteiger partial charge in [0, 0.05) is 34.9 Å². The number of amides is 1. The Morgan fingerprint density at radius 3 is 2.48 bits per heavy atom. The third kappa shape index (κ3) is 4.64. The van der Waals surface area contributed by atoms with Gasteiger partial charge in [-0.3, -0.25) is 4.79 Å². The molecule has 4 nitrogen and oxygen atoms in total. The quantitative estimate of drug-likeness (QED) is 0.280. The minimum absolute atomic E-state index is 0.0290. The Hall–Kier alpha value is -3.52. The lowest BCUT2D eigenvalue weighted by Gasteiger charge is -2.06. The molecule has 0 saturated heterocycles. The zero-order chi connectivity index (χ0) is 21.8. The van der Waals surface area contributed by atoms with Gasteiger partial charge in [-0.2, -0.15) is 5.26 Å². The van der Waals surface area contributed by atoms with Crippen molar-refractivity contribution in [2.45, 2.75) is 6.54 Å². The smallest absolute Gasteiger partial charge is 0.266 e. The van der Waals surface area contributed by atoms with E-state index in [1.165, 1.54) is 0 Å². The Kier molecular flexibility index (Phi) is 6.08. The van der Waals surface area contributed by atoms with E-state index in [0.717, 1.165) is 22.0 Å². The van der Waals surface area contributed by atoms with Gasteiger partial charge in [0.05, 0.1) is 10.0 Å². The number of nitrogens with zero attached hydrogens (tertiary/aromatic N) is 2. The summed E-state index contributed by atoms with van der Waals surface area (Å²) in [7, 11) is 0. The van der Waals surface area contributed by atoms with E-state index >= 15 is 0 Å². The number of carbonyl (C=O) groups excluding carboxylic acids is 1. The number of nitriles is 1. The summed E-state index contributed by atoms with van der Waals surface area (Å²) >= 11 is 12.2. The van der Waals surface area contributed by atoms with Gasteiger partial charge in [-0.25, -0.2) is 0 Å². The summed E-state index contributed by atoms with van der Waals surface area (Å²) in [6.45, 7) is 0.573. The summed E-state index contributed by atoms with van der Waals surface area (Å²) in [5.74, 6) is -0.449. The van der Waals surface area contributed by atoms with Gasteiger partial charge in [-0.15, -0.1) is 0 Å². The van der Waals surface area contributed by atoms with Crippen molar-refractivity contribution in [2.75, 3.05) is 5.32 Å². The van der Waals surface area contributed by atoms with Crippen molar-refractivity contribution in [1.29, 1.82) is 5.26 Å². The summed E-state index contributed by atoms with van der Waals surface area (Å²) in [5, 5.41) is 14.3. The van der Waals surface area contributed by atoms with E-state index in [1.807, 2.05) is 66.9 Å². The molecule has 0 radical (unpaired) electrons. The first kappa shape index (κ1) is 20.7. The topological polar surface area (TPSA) is 57.8 Å². The molecule has 0 aliphatic carbocycles. The fraction of sp³-hybridized carbons (Fsp3) is 0.0400. The number of aromatic nitrogens is 1. The van der Waals surface area contributed by atoms with Gasteiger partial charge in [0.1, 0.15) is 11.6 Å². The van der Waals surface area contributed by atoms with E-state index in [0.29, 0.717) is 22.3 Å². The van der Waals surface area contributed by atoms with Crippen LogP contribution in [0.2, 0.25) is 10.0 Å². The number of carbonyl (C=O) groups is 1. The first-order chi connectivity index (χ1) is 15.0. The Morgan fingerprint density at radius 1 is 1.00 bits per heavy atom. The van der Waals surface area contributed by atoms with Gasteiger partial charge < -0.3 is 9.88 Å². The number of rotatable bonds is 5. The average molecular weight is 446 g/mol. The highest BCUT2D eigenvalue weighted by atomic mass is 35.5. The lowest BCUT2D eigenvalue weighted by Crippen LogP contribution is -2.13. The minimum Gasteiger partial charge on any atom is -0.342 e. The highest BCUT2D eigenvalue weighted by molar-refractivity contribution is 6.42. The molecule has 3 aromatic carbocycles. The molecule has 0 atom stereocenters. The number of fused-ring (bicyclic) bond motifs is 1. The molecule has 0 bridgehead atoms. The van der Waals surface area contributed by atoms with Gasteiger partial charge in [-0.05, 0) is 42.0 Å². The maximum atomic E-state index is 12.6. The Balaban J connectivity index is 1.69. The monoisotopic (exact) mass is 445 g/mol. The first-order valence-corrected chi connectivity index (χ1v) is 10.3. The highest BCUT2D eigenvalue weighted by Gasteiger charge is 2.13. The molecular weight excluding hydrogens is 429 g/mol. The van der Waals surface area contributed by atoms with Gasteiger partial charge in [0.25, 0.3) is 5.91 Å². The van der Waals surface area contributed by atoms with Crippen molar-refractivity contribution < 1.29 is 4.79 Å². The standard InChI is InChI=1S/C25H17Cl2N3O/c26-22-11-10-17(12-23(22)27)15-30-16-19(21-8-4-5-9-24(21)30)13-18(14-28)25(31)29-20-6-2-1-3-7-20/h1-13,16H,15H2,(H,29,31)/b18-13-. The van der Waals surface area contributed by atoms with Crippen LogP contribution in [0.4, 0.5) is 5.69 Å². The molecule has 1 amide bonds. The molecule has 1 aromatic heterocycles. The number of hydrogen-bond acceptors (Lipinski definition) is 2. The molecule has 0 aliphatic rings.